The number of Topliss-reactive ketones (excluding diaryl/α,β-unsaturated/α-hetero) is 1. The van der Waals surface area contributed by atoms with Crippen LogP contribution < -0.4 is 4.90 Å². The molecule has 1 aromatic carbocycles. The second-order valence-electron chi connectivity index (χ2n) is 6.36. The Kier molecular flexibility index (Phi) is 4.68. The van der Waals surface area contributed by atoms with Crippen molar-refractivity contribution in [1.29, 1.82) is 0 Å². The van der Waals surface area contributed by atoms with Gasteiger partial charge in [-0.2, -0.15) is 13.2 Å². The lowest BCUT2D eigenvalue weighted by Gasteiger charge is -2.39. The third-order valence-corrected chi connectivity index (χ3v) is 4.32. The number of carbonyl (C=O) groups excluding carboxylic acids is 3. The topological polar surface area (TPSA) is 63.7 Å². The minimum Gasteiger partial charge on any atom is -0.414 e. The predicted molar refractivity (Wildman–Crippen MR) is 89.0 cm³/mol. The Morgan fingerprint density at radius 2 is 2.04 bits per heavy atom. The van der Waals surface area contributed by atoms with Gasteiger partial charge in [0.05, 0.1) is 12.1 Å². The summed E-state index contributed by atoms with van der Waals surface area (Å²) in [5, 5.41) is -0.0486. The second kappa shape index (κ2) is 6.57. The van der Waals surface area contributed by atoms with Gasteiger partial charge < -0.3 is 4.74 Å². The molecule has 0 radical (unpaired) electrons. The molecule has 3 rings (SSSR count). The fraction of sp³-hybridized carbons (Fsp3) is 0.389. The second-order valence-corrected chi connectivity index (χ2v) is 6.80. The van der Waals surface area contributed by atoms with Crippen LogP contribution in [0.15, 0.2) is 18.2 Å². The first kappa shape index (κ1) is 19.2. The Morgan fingerprint density at radius 3 is 2.59 bits per heavy atom. The monoisotopic (exact) mass is 399 g/mol. The lowest BCUT2D eigenvalue weighted by atomic mass is 9.89. The Bertz CT molecular complexity index is 898. The van der Waals surface area contributed by atoms with E-state index in [4.69, 9.17) is 16.3 Å². The maximum Gasteiger partial charge on any atom is 0.445 e. The Hall–Kier alpha value is -2.53. The highest BCUT2D eigenvalue weighted by atomic mass is 35.5. The minimum atomic E-state index is -5.07. The smallest absolute Gasteiger partial charge is 0.414 e. The Labute approximate surface area is 157 Å². The number of nitrogens with zero attached hydrogens (tertiary/aromatic N) is 1. The first-order chi connectivity index (χ1) is 12.5. The van der Waals surface area contributed by atoms with Crippen LogP contribution >= 0.6 is 11.6 Å². The van der Waals surface area contributed by atoms with Gasteiger partial charge in [0.2, 0.25) is 5.91 Å². The number of imide groups is 1. The number of carbonyl (C=O) groups is 3. The fourth-order valence-electron chi connectivity index (χ4n) is 2.65. The molecule has 27 heavy (non-hydrogen) atoms. The average molecular weight is 400 g/mol. The molecule has 0 bridgehead atoms. The molecular formula is C18H13ClF3NO4. The zero-order valence-corrected chi connectivity index (χ0v) is 14.8. The summed E-state index contributed by atoms with van der Waals surface area (Å²) in [5.74, 6) is 2.81. The molecule has 1 heterocycles. The third-order valence-electron chi connectivity index (χ3n) is 4.08. The van der Waals surface area contributed by atoms with Crippen LogP contribution in [0.5, 0.6) is 0 Å². The number of benzene rings is 1. The summed E-state index contributed by atoms with van der Waals surface area (Å²) in [6, 6.07) is 3.31. The highest BCUT2D eigenvalue weighted by molar-refractivity contribution is 6.31. The Balaban J connectivity index is 2.21. The number of alkyl halides is 3. The van der Waals surface area contributed by atoms with Crippen molar-refractivity contribution in [2.24, 2.45) is 5.92 Å². The first-order valence-electron chi connectivity index (χ1n) is 8.00. The van der Waals surface area contributed by atoms with E-state index in [1.807, 2.05) is 0 Å². The van der Waals surface area contributed by atoms with E-state index in [9.17, 15) is 27.6 Å². The molecule has 0 unspecified atom stereocenters. The number of ketones is 1. The summed E-state index contributed by atoms with van der Waals surface area (Å²) < 4.78 is 46.7. The van der Waals surface area contributed by atoms with Gasteiger partial charge in [0.1, 0.15) is 5.78 Å². The first-order valence-corrected chi connectivity index (χ1v) is 8.38. The van der Waals surface area contributed by atoms with Crippen molar-refractivity contribution in [3.8, 4) is 11.8 Å². The molecule has 0 saturated heterocycles. The average Bonchev–Trinajstić information content (AvgIpc) is 3.35. The number of hydrogen-bond donors (Lipinski definition) is 0. The van der Waals surface area contributed by atoms with Crippen molar-refractivity contribution in [3.63, 3.8) is 0 Å². The summed E-state index contributed by atoms with van der Waals surface area (Å²) in [6.07, 6.45) is -5.94. The molecule has 1 aliphatic heterocycles. The Morgan fingerprint density at radius 1 is 1.37 bits per heavy atom. The maximum atomic E-state index is 14.0. The number of amides is 2. The van der Waals surface area contributed by atoms with Gasteiger partial charge in [-0.15, -0.1) is 0 Å². The summed E-state index contributed by atoms with van der Waals surface area (Å²) in [7, 11) is 0. The van der Waals surface area contributed by atoms with E-state index in [0.29, 0.717) is 17.7 Å². The van der Waals surface area contributed by atoms with Gasteiger partial charge in [0.25, 0.3) is 5.60 Å². The number of ether oxygens (including phenoxy) is 1. The third kappa shape index (κ3) is 3.52. The fourth-order valence-corrected chi connectivity index (χ4v) is 2.82. The maximum absolute atomic E-state index is 14.0. The van der Waals surface area contributed by atoms with Crippen molar-refractivity contribution >= 4 is 35.1 Å². The van der Waals surface area contributed by atoms with Crippen LogP contribution in [-0.2, 0) is 19.9 Å². The van der Waals surface area contributed by atoms with Crippen molar-refractivity contribution in [2.45, 2.75) is 38.0 Å². The normalized spacial score (nSPS) is 21.7. The highest BCUT2D eigenvalue weighted by Crippen LogP contribution is 2.50. The van der Waals surface area contributed by atoms with Gasteiger partial charge in [0, 0.05) is 16.5 Å². The van der Waals surface area contributed by atoms with Gasteiger partial charge in [-0.05, 0) is 43.9 Å². The SMILES string of the molecule is CC(=O)CC(=O)N1C(=O)O[C@](C#CC2CC2)(C(F)(F)F)c2cc(Cl)ccc21. The van der Waals surface area contributed by atoms with E-state index < -0.39 is 41.5 Å². The zero-order chi connectivity index (χ0) is 20.0. The van der Waals surface area contributed by atoms with Crippen LogP contribution in [0.2, 0.25) is 5.02 Å². The molecule has 5 nitrogen and oxygen atoms in total. The molecule has 2 aliphatic rings. The van der Waals surface area contributed by atoms with E-state index >= 15 is 0 Å². The molecule has 0 N–H and O–H groups in total. The van der Waals surface area contributed by atoms with E-state index in [1.54, 1.807) is 0 Å². The summed E-state index contributed by atoms with van der Waals surface area (Å²) in [4.78, 5) is 36.2. The molecule has 1 saturated carbocycles. The molecule has 0 aromatic heterocycles. The van der Waals surface area contributed by atoms with E-state index in [0.717, 1.165) is 19.1 Å². The summed E-state index contributed by atoms with van der Waals surface area (Å²) >= 11 is 5.86. The van der Waals surface area contributed by atoms with E-state index in [1.165, 1.54) is 6.07 Å². The number of halogens is 4. The standard InChI is InChI=1S/C18H13ClF3NO4/c1-10(24)8-15(25)23-14-5-4-12(19)9-13(14)17(18(20,21)22,27-16(23)26)7-6-11-2-3-11/h4-5,9,11H,2-3,8H2,1H3/t17-/m0/s1. The van der Waals surface area contributed by atoms with Crippen LogP contribution in [0.1, 0.15) is 31.7 Å². The van der Waals surface area contributed by atoms with E-state index in [-0.39, 0.29) is 16.6 Å². The predicted octanol–water partition coefficient (Wildman–Crippen LogP) is 3.97. The van der Waals surface area contributed by atoms with Crippen molar-refractivity contribution in [1.82, 2.24) is 0 Å². The van der Waals surface area contributed by atoms with Gasteiger partial charge in [-0.1, -0.05) is 17.5 Å². The van der Waals surface area contributed by atoms with E-state index in [2.05, 4.69) is 11.8 Å². The van der Waals surface area contributed by atoms with Crippen molar-refractivity contribution in [3.05, 3.63) is 28.8 Å². The quantitative estimate of drug-likeness (QED) is 0.557. The number of cyclic esters (lactones) is 1. The van der Waals surface area contributed by atoms with Gasteiger partial charge in [-0.3, -0.25) is 9.59 Å². The number of anilines is 1. The van der Waals surface area contributed by atoms with Gasteiger partial charge >= 0.3 is 12.3 Å². The molecule has 1 aliphatic carbocycles. The zero-order valence-electron chi connectivity index (χ0n) is 14.0. The highest BCUT2D eigenvalue weighted by Gasteiger charge is 2.63. The molecular weight excluding hydrogens is 387 g/mol. The van der Waals surface area contributed by atoms with Crippen LogP contribution in [0, 0.1) is 17.8 Å². The molecule has 2 amide bonds. The van der Waals surface area contributed by atoms with Crippen LogP contribution in [0.4, 0.5) is 23.7 Å². The van der Waals surface area contributed by atoms with Gasteiger partial charge in [-0.25, -0.2) is 9.69 Å². The largest absolute Gasteiger partial charge is 0.445 e. The van der Waals surface area contributed by atoms with Crippen LogP contribution in [0.3, 0.4) is 0 Å². The van der Waals surface area contributed by atoms with Gasteiger partial charge in [0.15, 0.2) is 0 Å². The van der Waals surface area contributed by atoms with Crippen molar-refractivity contribution in [2.75, 3.05) is 4.90 Å². The lowest BCUT2D eigenvalue weighted by Crippen LogP contribution is -2.54. The minimum absolute atomic E-state index is 0.0486. The number of hydrogen-bond acceptors (Lipinski definition) is 4. The molecule has 9 heteroatoms. The van der Waals surface area contributed by atoms with Crippen LogP contribution in [-0.4, -0.2) is 24.0 Å². The molecule has 142 valence electrons. The van der Waals surface area contributed by atoms with Crippen molar-refractivity contribution < 1.29 is 32.3 Å². The molecule has 0 spiro atoms. The summed E-state index contributed by atoms with van der Waals surface area (Å²) in [6.45, 7) is 1.12. The lowest BCUT2D eigenvalue weighted by molar-refractivity contribution is -0.240. The molecule has 1 fully saturated rings. The number of rotatable bonds is 2. The van der Waals surface area contributed by atoms with Crippen LogP contribution in [0.25, 0.3) is 0 Å². The summed E-state index contributed by atoms with van der Waals surface area (Å²) in [5.41, 5.74) is -4.16. The number of fused-ring (bicyclic) bond motifs is 1. The molecule has 1 aromatic rings. The molecule has 1 atom stereocenters.